The summed E-state index contributed by atoms with van der Waals surface area (Å²) in [6.45, 7) is 0.515. The van der Waals surface area contributed by atoms with Gasteiger partial charge in [0.15, 0.2) is 6.10 Å². The summed E-state index contributed by atoms with van der Waals surface area (Å²) in [4.78, 5) is 12.5. The van der Waals surface area contributed by atoms with Crippen molar-refractivity contribution in [2.24, 2.45) is 0 Å². The maximum Gasteiger partial charge on any atom is 0.326 e. The second-order valence-corrected chi connectivity index (χ2v) is 5.81. The Kier molecular flexibility index (Phi) is 5.05. The van der Waals surface area contributed by atoms with Crippen LogP contribution >= 0.6 is 0 Å². The van der Waals surface area contributed by atoms with Crippen molar-refractivity contribution in [2.45, 2.75) is 31.4 Å². The fraction of sp³-hybridized carbons (Fsp3) is 0.316. The van der Waals surface area contributed by atoms with E-state index in [1.165, 1.54) is 0 Å². The van der Waals surface area contributed by atoms with Crippen LogP contribution in [0.2, 0.25) is 0 Å². The summed E-state index contributed by atoms with van der Waals surface area (Å²) in [5, 5.41) is 11.0. The largest absolute Gasteiger partial charge is 0.451 e. The zero-order chi connectivity index (χ0) is 16.1. The molecule has 23 heavy (non-hydrogen) atoms. The second kappa shape index (κ2) is 7.40. The fourth-order valence-corrected chi connectivity index (χ4v) is 2.93. The Bertz CT molecular complexity index is 590. The molecule has 120 valence electrons. The first-order valence-corrected chi connectivity index (χ1v) is 8.01. The maximum absolute atomic E-state index is 12.5. The predicted octanol–water partition coefficient (Wildman–Crippen LogP) is 3.56. The van der Waals surface area contributed by atoms with Crippen LogP contribution in [0.15, 0.2) is 60.7 Å². The molecular formula is C19H21NO3. The molecule has 1 N–H and O–H groups in total. The highest BCUT2D eigenvalue weighted by atomic mass is 16.6. The van der Waals surface area contributed by atoms with Gasteiger partial charge in [-0.3, -0.25) is 4.79 Å². The Morgan fingerprint density at radius 3 is 2.09 bits per heavy atom. The summed E-state index contributed by atoms with van der Waals surface area (Å²) in [6, 6.07) is 18.8. The zero-order valence-electron chi connectivity index (χ0n) is 13.0. The first-order valence-electron chi connectivity index (χ1n) is 8.01. The Labute approximate surface area is 136 Å². The SMILES string of the molecule is O=C(OC(c1ccccc1)c1ccccc1)C1CCCCN1O. The lowest BCUT2D eigenvalue weighted by molar-refractivity contribution is -0.184. The quantitative estimate of drug-likeness (QED) is 0.877. The van der Waals surface area contributed by atoms with Crippen molar-refractivity contribution < 1.29 is 14.7 Å². The molecule has 0 bridgehead atoms. The smallest absolute Gasteiger partial charge is 0.326 e. The number of hydrogen-bond donors (Lipinski definition) is 1. The number of esters is 1. The van der Waals surface area contributed by atoms with Crippen molar-refractivity contribution in [1.29, 1.82) is 0 Å². The van der Waals surface area contributed by atoms with E-state index < -0.39 is 12.1 Å². The molecular weight excluding hydrogens is 290 g/mol. The van der Waals surface area contributed by atoms with Crippen LogP contribution in [-0.2, 0) is 9.53 Å². The van der Waals surface area contributed by atoms with E-state index in [1.807, 2.05) is 60.7 Å². The van der Waals surface area contributed by atoms with Gasteiger partial charge < -0.3 is 9.94 Å². The molecule has 0 saturated carbocycles. The van der Waals surface area contributed by atoms with E-state index in [2.05, 4.69) is 0 Å². The molecule has 1 aliphatic rings. The molecule has 1 aliphatic heterocycles. The number of hydrogen-bond acceptors (Lipinski definition) is 4. The molecule has 0 aromatic heterocycles. The summed E-state index contributed by atoms with van der Waals surface area (Å²) < 4.78 is 5.79. The maximum atomic E-state index is 12.5. The van der Waals surface area contributed by atoms with Crippen molar-refractivity contribution in [1.82, 2.24) is 5.06 Å². The lowest BCUT2D eigenvalue weighted by atomic mass is 10.0. The van der Waals surface area contributed by atoms with Crippen LogP contribution in [0.4, 0.5) is 0 Å². The van der Waals surface area contributed by atoms with Gasteiger partial charge in [0.2, 0.25) is 0 Å². The summed E-state index contributed by atoms with van der Waals surface area (Å²) in [5.41, 5.74) is 1.85. The Morgan fingerprint density at radius 2 is 1.57 bits per heavy atom. The molecule has 1 heterocycles. The lowest BCUT2D eigenvalue weighted by Gasteiger charge is -2.30. The molecule has 0 aliphatic carbocycles. The topological polar surface area (TPSA) is 49.8 Å². The van der Waals surface area contributed by atoms with Gasteiger partial charge >= 0.3 is 5.97 Å². The van der Waals surface area contributed by atoms with Crippen molar-refractivity contribution >= 4 is 5.97 Å². The van der Waals surface area contributed by atoms with Crippen molar-refractivity contribution in [3.63, 3.8) is 0 Å². The molecule has 2 aromatic carbocycles. The van der Waals surface area contributed by atoms with Gasteiger partial charge in [-0.15, -0.1) is 0 Å². The summed E-state index contributed by atoms with van der Waals surface area (Å²) in [5.74, 6) is -0.370. The number of rotatable bonds is 4. The molecule has 0 radical (unpaired) electrons. The molecule has 1 atom stereocenters. The van der Waals surface area contributed by atoms with Gasteiger partial charge in [0.25, 0.3) is 0 Å². The van der Waals surface area contributed by atoms with Gasteiger partial charge in [-0.25, -0.2) is 0 Å². The molecule has 1 unspecified atom stereocenters. The van der Waals surface area contributed by atoms with E-state index in [1.54, 1.807) is 0 Å². The third-order valence-corrected chi connectivity index (χ3v) is 4.19. The van der Waals surface area contributed by atoms with Gasteiger partial charge in [0, 0.05) is 6.54 Å². The van der Waals surface area contributed by atoms with Crippen LogP contribution in [0, 0.1) is 0 Å². The van der Waals surface area contributed by atoms with Crippen molar-refractivity contribution in [2.75, 3.05) is 6.54 Å². The summed E-state index contributed by atoms with van der Waals surface area (Å²) in [6.07, 6.45) is 2.01. The highest BCUT2D eigenvalue weighted by Crippen LogP contribution is 2.28. The third kappa shape index (κ3) is 3.78. The fourth-order valence-electron chi connectivity index (χ4n) is 2.93. The first-order chi connectivity index (χ1) is 11.3. The van der Waals surface area contributed by atoms with Crippen molar-refractivity contribution in [3.8, 4) is 0 Å². The average molecular weight is 311 g/mol. The van der Waals surface area contributed by atoms with E-state index in [-0.39, 0.29) is 5.97 Å². The number of benzene rings is 2. The number of piperidine rings is 1. The standard InChI is InChI=1S/C19H21NO3/c21-19(17-13-7-8-14-20(17)22)23-18(15-9-3-1-4-10-15)16-11-5-2-6-12-16/h1-6,9-12,17-18,22H,7-8,13-14H2. The minimum absolute atomic E-state index is 0.370. The number of ether oxygens (including phenoxy) is 1. The van der Waals surface area contributed by atoms with Gasteiger partial charge in [0.1, 0.15) is 6.04 Å². The number of nitrogens with zero attached hydrogens (tertiary/aromatic N) is 1. The normalized spacial score (nSPS) is 18.8. The molecule has 0 amide bonds. The lowest BCUT2D eigenvalue weighted by Crippen LogP contribution is -2.43. The van der Waals surface area contributed by atoms with Gasteiger partial charge in [-0.05, 0) is 30.4 Å². The Balaban J connectivity index is 1.83. The van der Waals surface area contributed by atoms with E-state index in [0.717, 1.165) is 29.0 Å². The third-order valence-electron chi connectivity index (χ3n) is 4.19. The molecule has 4 heteroatoms. The minimum atomic E-state index is -0.571. The highest BCUT2D eigenvalue weighted by Gasteiger charge is 2.31. The average Bonchev–Trinajstić information content (AvgIpc) is 2.61. The van der Waals surface area contributed by atoms with E-state index in [9.17, 15) is 10.0 Å². The summed E-state index contributed by atoms with van der Waals surface area (Å²) in [7, 11) is 0. The van der Waals surface area contributed by atoms with Crippen LogP contribution in [0.25, 0.3) is 0 Å². The number of carbonyl (C=O) groups excluding carboxylic acids is 1. The van der Waals surface area contributed by atoms with Crippen LogP contribution in [0.3, 0.4) is 0 Å². The van der Waals surface area contributed by atoms with Crippen LogP contribution in [-0.4, -0.2) is 28.8 Å². The Hall–Kier alpha value is -2.17. The van der Waals surface area contributed by atoms with Gasteiger partial charge in [-0.2, -0.15) is 5.06 Å². The molecule has 4 nitrogen and oxygen atoms in total. The van der Waals surface area contributed by atoms with Gasteiger partial charge in [-0.1, -0.05) is 60.7 Å². The van der Waals surface area contributed by atoms with E-state index >= 15 is 0 Å². The molecule has 2 aromatic rings. The van der Waals surface area contributed by atoms with E-state index in [4.69, 9.17) is 4.74 Å². The first kappa shape index (κ1) is 15.7. The second-order valence-electron chi connectivity index (χ2n) is 5.81. The number of hydroxylamine groups is 2. The van der Waals surface area contributed by atoms with Crippen LogP contribution in [0.5, 0.6) is 0 Å². The molecule has 3 rings (SSSR count). The number of carbonyl (C=O) groups is 1. The van der Waals surface area contributed by atoms with Gasteiger partial charge in [0.05, 0.1) is 0 Å². The van der Waals surface area contributed by atoms with E-state index in [0.29, 0.717) is 13.0 Å². The molecule has 1 fully saturated rings. The highest BCUT2D eigenvalue weighted by molar-refractivity contribution is 5.76. The molecule has 0 spiro atoms. The minimum Gasteiger partial charge on any atom is -0.451 e. The summed E-state index contributed by atoms with van der Waals surface area (Å²) >= 11 is 0. The zero-order valence-corrected chi connectivity index (χ0v) is 13.0. The van der Waals surface area contributed by atoms with Crippen LogP contribution in [0.1, 0.15) is 36.5 Å². The predicted molar refractivity (Wildman–Crippen MR) is 87.0 cm³/mol. The molecule has 1 saturated heterocycles. The van der Waals surface area contributed by atoms with Crippen molar-refractivity contribution in [3.05, 3.63) is 71.8 Å². The Morgan fingerprint density at radius 1 is 1.00 bits per heavy atom. The van der Waals surface area contributed by atoms with Crippen LogP contribution < -0.4 is 0 Å². The monoisotopic (exact) mass is 311 g/mol.